The highest BCUT2D eigenvalue weighted by molar-refractivity contribution is 7.98. The Labute approximate surface area is 159 Å². The topological polar surface area (TPSA) is 55.9 Å². The first kappa shape index (κ1) is 19.0. The van der Waals surface area contributed by atoms with Gasteiger partial charge in [-0.25, -0.2) is 4.79 Å². The van der Waals surface area contributed by atoms with Gasteiger partial charge in [-0.3, -0.25) is 9.69 Å². The Morgan fingerprint density at radius 1 is 1.19 bits per heavy atom. The van der Waals surface area contributed by atoms with Crippen LogP contribution in [0.15, 0.2) is 29.2 Å². The van der Waals surface area contributed by atoms with Gasteiger partial charge in [0.2, 0.25) is 5.91 Å². The predicted octanol–water partition coefficient (Wildman–Crippen LogP) is 2.57. The summed E-state index contributed by atoms with van der Waals surface area (Å²) in [5.41, 5.74) is 0.711. The molecular weight excluding hydrogens is 348 g/mol. The molecule has 3 rings (SSSR count). The number of anilines is 1. The number of urea groups is 1. The number of benzene rings is 1. The first-order valence-electron chi connectivity index (χ1n) is 9.09. The van der Waals surface area contributed by atoms with Gasteiger partial charge in [-0.2, -0.15) is 0 Å². The van der Waals surface area contributed by atoms with Crippen molar-refractivity contribution in [2.24, 2.45) is 0 Å². The number of amides is 3. The third kappa shape index (κ3) is 3.99. The maximum absolute atomic E-state index is 12.8. The van der Waals surface area contributed by atoms with Crippen LogP contribution in [0.3, 0.4) is 0 Å². The Hall–Kier alpha value is -1.73. The summed E-state index contributed by atoms with van der Waals surface area (Å²) in [6.07, 6.45) is 4.28. The van der Waals surface area contributed by atoms with Gasteiger partial charge in [0.15, 0.2) is 0 Å². The van der Waals surface area contributed by atoms with E-state index in [1.807, 2.05) is 47.4 Å². The van der Waals surface area contributed by atoms with Gasteiger partial charge in [0, 0.05) is 55.8 Å². The number of likely N-dealkylation sites (N-methyl/N-ethyl adjacent to an activating group) is 1. The summed E-state index contributed by atoms with van der Waals surface area (Å²) < 4.78 is 0. The third-order valence-corrected chi connectivity index (χ3v) is 6.48. The van der Waals surface area contributed by atoms with Gasteiger partial charge >= 0.3 is 6.03 Å². The molecule has 0 bridgehead atoms. The minimum Gasteiger partial charge on any atom is -0.346 e. The monoisotopic (exact) mass is 376 g/mol. The Balaban J connectivity index is 1.70. The lowest BCUT2D eigenvalue weighted by molar-refractivity contribution is -0.129. The van der Waals surface area contributed by atoms with Gasteiger partial charge in [-0.1, -0.05) is 6.07 Å². The molecule has 1 atom stereocenters. The number of hydrogen-bond acceptors (Lipinski definition) is 4. The van der Waals surface area contributed by atoms with E-state index in [1.54, 1.807) is 11.8 Å². The quantitative estimate of drug-likeness (QED) is 0.806. The van der Waals surface area contributed by atoms with Gasteiger partial charge in [0.25, 0.3) is 0 Å². The number of rotatable bonds is 2. The van der Waals surface area contributed by atoms with Gasteiger partial charge in [0.05, 0.1) is 0 Å². The molecule has 1 spiro atoms. The van der Waals surface area contributed by atoms with Crippen molar-refractivity contribution in [2.75, 3.05) is 51.8 Å². The summed E-state index contributed by atoms with van der Waals surface area (Å²) in [7, 11) is 3.99. The van der Waals surface area contributed by atoms with Crippen molar-refractivity contribution in [1.29, 1.82) is 0 Å². The lowest BCUT2D eigenvalue weighted by atomic mass is 9.86. The van der Waals surface area contributed by atoms with Crippen molar-refractivity contribution in [3.8, 4) is 0 Å². The van der Waals surface area contributed by atoms with Crippen LogP contribution in [0.5, 0.6) is 0 Å². The number of thioether (sulfide) groups is 1. The van der Waals surface area contributed by atoms with E-state index in [2.05, 4.69) is 17.3 Å². The van der Waals surface area contributed by atoms with Crippen LogP contribution < -0.4 is 5.32 Å². The van der Waals surface area contributed by atoms with Gasteiger partial charge in [0.1, 0.15) is 0 Å². The average molecular weight is 377 g/mol. The SMILES string of the molecule is CSc1cccc(NC(=O)N2CCN(C)C3(CCC(=O)N(C)CC3)C2)c1. The van der Waals surface area contributed by atoms with Crippen LogP contribution in [-0.4, -0.2) is 78.7 Å². The standard InChI is InChI=1S/C19H28N4O2S/c1-21-10-9-19(8-7-17(21)24)14-23(12-11-22(19)2)18(25)20-15-5-4-6-16(13-15)26-3/h4-6,13H,7-12,14H2,1-3H3,(H,20,25). The predicted molar refractivity (Wildman–Crippen MR) is 106 cm³/mol. The zero-order valence-electron chi connectivity index (χ0n) is 15.8. The average Bonchev–Trinajstić information content (AvgIpc) is 2.79. The second kappa shape index (κ2) is 7.88. The van der Waals surface area contributed by atoms with E-state index in [0.717, 1.165) is 36.5 Å². The summed E-state index contributed by atoms with van der Waals surface area (Å²) in [4.78, 5) is 32.1. The second-order valence-corrected chi connectivity index (χ2v) is 8.17. The molecule has 0 aliphatic carbocycles. The zero-order chi connectivity index (χ0) is 18.7. The maximum atomic E-state index is 12.8. The van der Waals surface area contributed by atoms with Crippen molar-refractivity contribution in [3.05, 3.63) is 24.3 Å². The van der Waals surface area contributed by atoms with Crippen molar-refractivity contribution in [3.63, 3.8) is 0 Å². The molecule has 7 heteroatoms. The lowest BCUT2D eigenvalue weighted by Crippen LogP contribution is -2.62. The Morgan fingerprint density at radius 2 is 2.00 bits per heavy atom. The first-order valence-corrected chi connectivity index (χ1v) is 10.3. The number of hydrogen-bond donors (Lipinski definition) is 1. The summed E-state index contributed by atoms with van der Waals surface area (Å²) in [6, 6.07) is 7.85. The molecule has 6 nitrogen and oxygen atoms in total. The van der Waals surface area contributed by atoms with Crippen LogP contribution in [0, 0.1) is 0 Å². The fourth-order valence-corrected chi connectivity index (χ4v) is 4.29. The largest absolute Gasteiger partial charge is 0.346 e. The Bertz CT molecular complexity index is 683. The van der Waals surface area contributed by atoms with E-state index in [-0.39, 0.29) is 17.5 Å². The van der Waals surface area contributed by atoms with Crippen LogP contribution in [0.4, 0.5) is 10.5 Å². The van der Waals surface area contributed by atoms with Crippen LogP contribution in [0.1, 0.15) is 19.3 Å². The van der Waals surface area contributed by atoms with Gasteiger partial charge in [-0.15, -0.1) is 11.8 Å². The normalized spacial score (nSPS) is 24.7. The number of nitrogens with one attached hydrogen (secondary N) is 1. The molecule has 2 aliphatic rings. The third-order valence-electron chi connectivity index (χ3n) is 5.75. The molecule has 2 heterocycles. The molecule has 1 aromatic rings. The van der Waals surface area contributed by atoms with E-state index in [1.165, 1.54) is 0 Å². The molecule has 1 unspecified atom stereocenters. The van der Waals surface area contributed by atoms with Gasteiger partial charge in [-0.05, 0) is 44.3 Å². The first-order chi connectivity index (χ1) is 12.4. The molecule has 0 saturated carbocycles. The highest BCUT2D eigenvalue weighted by atomic mass is 32.2. The highest BCUT2D eigenvalue weighted by Crippen LogP contribution is 2.32. The van der Waals surface area contributed by atoms with Crippen LogP contribution in [0.2, 0.25) is 0 Å². The van der Waals surface area contributed by atoms with Crippen LogP contribution in [0.25, 0.3) is 0 Å². The lowest BCUT2D eigenvalue weighted by Gasteiger charge is -2.49. The van der Waals surface area contributed by atoms with E-state index in [4.69, 9.17) is 0 Å². The Kier molecular flexibility index (Phi) is 5.77. The molecule has 3 amide bonds. The van der Waals surface area contributed by atoms with Gasteiger partial charge < -0.3 is 15.1 Å². The molecule has 0 aromatic heterocycles. The van der Waals surface area contributed by atoms with Crippen LogP contribution >= 0.6 is 11.8 Å². The number of nitrogens with zero attached hydrogens (tertiary/aromatic N) is 3. The molecule has 2 fully saturated rings. The fourth-order valence-electron chi connectivity index (χ4n) is 3.84. The molecule has 0 radical (unpaired) electrons. The summed E-state index contributed by atoms with van der Waals surface area (Å²) in [5, 5.41) is 3.03. The molecule has 1 aromatic carbocycles. The number of piperazine rings is 1. The Morgan fingerprint density at radius 3 is 2.77 bits per heavy atom. The minimum absolute atomic E-state index is 0.0559. The summed E-state index contributed by atoms with van der Waals surface area (Å²) in [6.45, 7) is 2.94. The molecule has 2 saturated heterocycles. The fraction of sp³-hybridized carbons (Fsp3) is 0.579. The molecule has 1 N–H and O–H groups in total. The highest BCUT2D eigenvalue weighted by Gasteiger charge is 2.42. The molecular formula is C19H28N4O2S. The van der Waals surface area contributed by atoms with E-state index >= 15 is 0 Å². The van der Waals surface area contributed by atoms with E-state index in [9.17, 15) is 9.59 Å². The zero-order valence-corrected chi connectivity index (χ0v) is 16.6. The number of carbonyl (C=O) groups excluding carboxylic acids is 2. The smallest absolute Gasteiger partial charge is 0.321 e. The minimum atomic E-state index is -0.114. The van der Waals surface area contributed by atoms with Crippen molar-refractivity contribution < 1.29 is 9.59 Å². The van der Waals surface area contributed by atoms with Crippen molar-refractivity contribution >= 4 is 29.4 Å². The van der Waals surface area contributed by atoms with E-state index in [0.29, 0.717) is 19.5 Å². The maximum Gasteiger partial charge on any atom is 0.321 e. The van der Waals surface area contributed by atoms with Crippen LogP contribution in [-0.2, 0) is 4.79 Å². The molecule has 2 aliphatic heterocycles. The molecule has 26 heavy (non-hydrogen) atoms. The molecule has 142 valence electrons. The van der Waals surface area contributed by atoms with Crippen molar-refractivity contribution in [2.45, 2.75) is 29.7 Å². The number of likely N-dealkylation sites (tertiary alicyclic amines) is 1. The summed E-state index contributed by atoms with van der Waals surface area (Å²) >= 11 is 1.66. The van der Waals surface area contributed by atoms with E-state index < -0.39 is 0 Å². The number of carbonyl (C=O) groups is 2. The van der Waals surface area contributed by atoms with Crippen molar-refractivity contribution in [1.82, 2.24) is 14.7 Å². The second-order valence-electron chi connectivity index (χ2n) is 7.29. The summed E-state index contributed by atoms with van der Waals surface area (Å²) in [5.74, 6) is 0.200.